The molecular weight excluding hydrogens is 797 g/mol. The predicted octanol–water partition coefficient (Wildman–Crippen LogP) is 17.7. The molecule has 0 aliphatic carbocycles. The zero-order valence-corrected chi connectivity index (χ0v) is 36.3. The molecule has 0 spiro atoms. The molecule has 0 saturated heterocycles. The maximum Gasteiger partial charge on any atom is 0.0541 e. The third-order valence-electron chi connectivity index (χ3n) is 13.1. The molecule has 0 radical (unpaired) electrons. The number of fused-ring (bicyclic) bond motifs is 4. The van der Waals surface area contributed by atoms with E-state index in [9.17, 15) is 0 Å². The Morgan fingerprint density at radius 3 is 1.35 bits per heavy atom. The molecule has 12 rings (SSSR count). The number of hydrogen-bond donors (Lipinski definition) is 0. The molecule has 0 amide bonds. The molecule has 1 heterocycles. The molecule has 0 unspecified atom stereocenters. The van der Waals surface area contributed by atoms with Crippen molar-refractivity contribution in [1.29, 1.82) is 0 Å². The molecule has 0 N–H and O–H groups in total. The molecule has 0 aliphatic rings. The average molecular weight is 841 g/mol. The van der Waals surface area contributed by atoms with Gasteiger partial charge in [0.25, 0.3) is 0 Å². The highest BCUT2D eigenvalue weighted by Crippen LogP contribution is 2.43. The summed E-state index contributed by atoms with van der Waals surface area (Å²) in [6.45, 7) is 0. The van der Waals surface area contributed by atoms with Crippen LogP contribution >= 0.6 is 0 Å². The molecule has 11 aromatic carbocycles. The Balaban J connectivity index is 0.903. The monoisotopic (exact) mass is 840 g/mol. The number of nitrogens with zero attached hydrogens (tertiary/aromatic N) is 2. The molecule has 310 valence electrons. The summed E-state index contributed by atoms with van der Waals surface area (Å²) in [7, 11) is 0. The van der Waals surface area contributed by atoms with E-state index in [1.165, 1.54) is 88.3 Å². The lowest BCUT2D eigenvalue weighted by atomic mass is 9.91. The van der Waals surface area contributed by atoms with Crippen molar-refractivity contribution >= 4 is 49.6 Å². The Bertz CT molecular complexity index is 3620. The molecule has 66 heavy (non-hydrogen) atoms. The number of benzene rings is 11. The number of hydrogen-bond acceptors (Lipinski definition) is 1. The first-order chi connectivity index (χ1) is 32.8. The third kappa shape index (κ3) is 6.93. The molecule has 0 atom stereocenters. The lowest BCUT2D eigenvalue weighted by Gasteiger charge is -2.28. The van der Waals surface area contributed by atoms with Crippen LogP contribution in [0.1, 0.15) is 0 Å². The van der Waals surface area contributed by atoms with Gasteiger partial charge in [-0.1, -0.05) is 218 Å². The van der Waals surface area contributed by atoms with Crippen molar-refractivity contribution in [2.45, 2.75) is 0 Å². The molecule has 0 saturated carbocycles. The molecule has 2 heteroatoms. The number of aromatic nitrogens is 1. The van der Waals surface area contributed by atoms with E-state index in [0.717, 1.165) is 22.6 Å². The Hall–Kier alpha value is -8.72. The SMILES string of the molecule is c1ccc(-c2ccccc2N(c2ccc(-c3ccc(-c4ccccc4-n4c5ccccc5c5ccccc54)cc3)cc2)c2ccc(-c3ccccc3-c3cccc4ccccc34)cc2)cc1. The van der Waals surface area contributed by atoms with Crippen LogP contribution in [0.2, 0.25) is 0 Å². The smallest absolute Gasteiger partial charge is 0.0541 e. The van der Waals surface area contributed by atoms with Gasteiger partial charge in [-0.15, -0.1) is 0 Å². The van der Waals surface area contributed by atoms with Gasteiger partial charge in [0.2, 0.25) is 0 Å². The van der Waals surface area contributed by atoms with Crippen LogP contribution in [-0.4, -0.2) is 4.57 Å². The fraction of sp³-hybridized carbons (Fsp3) is 0. The molecule has 2 nitrogen and oxygen atoms in total. The summed E-state index contributed by atoms with van der Waals surface area (Å²) in [6, 6.07) is 96.7. The zero-order valence-electron chi connectivity index (χ0n) is 36.3. The lowest BCUT2D eigenvalue weighted by Crippen LogP contribution is -2.11. The molecular formula is C64H44N2. The normalized spacial score (nSPS) is 11.3. The minimum atomic E-state index is 1.09. The van der Waals surface area contributed by atoms with Crippen molar-refractivity contribution in [1.82, 2.24) is 4.57 Å². The van der Waals surface area contributed by atoms with Gasteiger partial charge in [0, 0.05) is 33.3 Å². The van der Waals surface area contributed by atoms with Crippen molar-refractivity contribution in [3.8, 4) is 61.3 Å². The lowest BCUT2D eigenvalue weighted by molar-refractivity contribution is 1.18. The molecule has 1 aromatic heterocycles. The Morgan fingerprint density at radius 2 is 0.667 bits per heavy atom. The van der Waals surface area contributed by atoms with Gasteiger partial charge in [0.05, 0.1) is 22.4 Å². The van der Waals surface area contributed by atoms with Crippen molar-refractivity contribution in [2.75, 3.05) is 4.90 Å². The summed E-state index contributed by atoms with van der Waals surface area (Å²) in [5.41, 5.74) is 18.8. The number of para-hydroxylation sites is 4. The average Bonchev–Trinajstić information content (AvgIpc) is 3.74. The topological polar surface area (TPSA) is 8.17 Å². The van der Waals surface area contributed by atoms with Crippen molar-refractivity contribution in [2.24, 2.45) is 0 Å². The van der Waals surface area contributed by atoms with Crippen molar-refractivity contribution < 1.29 is 0 Å². The fourth-order valence-corrected chi connectivity index (χ4v) is 9.92. The van der Waals surface area contributed by atoms with E-state index in [0.29, 0.717) is 0 Å². The summed E-state index contributed by atoms with van der Waals surface area (Å²) in [6.07, 6.45) is 0. The largest absolute Gasteiger partial charge is 0.310 e. The van der Waals surface area contributed by atoms with Crippen LogP contribution in [-0.2, 0) is 0 Å². The van der Waals surface area contributed by atoms with E-state index < -0.39 is 0 Å². The van der Waals surface area contributed by atoms with Crippen LogP contribution in [0.5, 0.6) is 0 Å². The first-order valence-electron chi connectivity index (χ1n) is 22.7. The summed E-state index contributed by atoms with van der Waals surface area (Å²) in [5.74, 6) is 0. The first kappa shape index (κ1) is 38.9. The highest BCUT2D eigenvalue weighted by Gasteiger charge is 2.19. The van der Waals surface area contributed by atoms with Crippen LogP contribution in [0.3, 0.4) is 0 Å². The molecule has 0 fully saturated rings. The van der Waals surface area contributed by atoms with Gasteiger partial charge in [-0.2, -0.15) is 0 Å². The quantitative estimate of drug-likeness (QED) is 0.141. The van der Waals surface area contributed by atoms with Gasteiger partial charge in [0.1, 0.15) is 0 Å². The minimum Gasteiger partial charge on any atom is -0.310 e. The zero-order chi connectivity index (χ0) is 43.8. The summed E-state index contributed by atoms with van der Waals surface area (Å²) < 4.78 is 2.41. The van der Waals surface area contributed by atoms with Crippen molar-refractivity contribution in [3.63, 3.8) is 0 Å². The second kappa shape index (κ2) is 16.8. The Labute approximate surface area is 385 Å². The highest BCUT2D eigenvalue weighted by molar-refractivity contribution is 6.10. The van der Waals surface area contributed by atoms with Gasteiger partial charge in [0.15, 0.2) is 0 Å². The Kier molecular flexibility index (Phi) is 9.89. The molecule has 12 aromatic rings. The van der Waals surface area contributed by atoms with Gasteiger partial charge in [-0.3, -0.25) is 0 Å². The second-order valence-corrected chi connectivity index (χ2v) is 16.8. The van der Waals surface area contributed by atoms with E-state index >= 15 is 0 Å². The summed E-state index contributed by atoms with van der Waals surface area (Å²) in [4.78, 5) is 2.39. The van der Waals surface area contributed by atoms with Crippen LogP contribution in [0, 0.1) is 0 Å². The number of anilines is 3. The predicted molar refractivity (Wildman–Crippen MR) is 280 cm³/mol. The minimum absolute atomic E-state index is 1.09. The van der Waals surface area contributed by atoms with Gasteiger partial charge < -0.3 is 9.47 Å². The van der Waals surface area contributed by atoms with Gasteiger partial charge in [-0.05, 0) is 104 Å². The van der Waals surface area contributed by atoms with E-state index in [4.69, 9.17) is 0 Å². The van der Waals surface area contributed by atoms with Gasteiger partial charge >= 0.3 is 0 Å². The number of rotatable bonds is 9. The Morgan fingerprint density at radius 1 is 0.242 bits per heavy atom. The van der Waals surface area contributed by atoms with E-state index in [2.05, 4.69) is 276 Å². The maximum atomic E-state index is 2.41. The highest BCUT2D eigenvalue weighted by atomic mass is 15.1. The first-order valence-corrected chi connectivity index (χ1v) is 22.7. The van der Waals surface area contributed by atoms with Crippen LogP contribution in [0.4, 0.5) is 17.1 Å². The van der Waals surface area contributed by atoms with Crippen LogP contribution in [0.15, 0.2) is 267 Å². The molecule has 0 bridgehead atoms. The summed E-state index contributed by atoms with van der Waals surface area (Å²) >= 11 is 0. The summed E-state index contributed by atoms with van der Waals surface area (Å²) in [5, 5.41) is 5.03. The van der Waals surface area contributed by atoms with Crippen LogP contribution in [0.25, 0.3) is 93.9 Å². The van der Waals surface area contributed by atoms with Crippen molar-refractivity contribution in [3.05, 3.63) is 267 Å². The van der Waals surface area contributed by atoms with Gasteiger partial charge in [-0.25, -0.2) is 0 Å². The third-order valence-corrected chi connectivity index (χ3v) is 13.1. The standard InChI is InChI=1S/C64H44N2/c1-2-17-48(18-3-1)55-23-8-12-29-61(55)65(52-43-39-49(40-44-52)54-22-6-7-25-57(54)58-28-16-20-47-19-4-5-21-53(47)58)51-41-37-46(38-42-51)45-33-35-50(36-34-45)56-24-9-13-30-62(56)66-63-31-14-10-26-59(63)60-27-11-15-32-64(60)66/h1-44H. The van der Waals surface area contributed by atoms with Crippen LogP contribution < -0.4 is 4.90 Å². The molecule has 0 aliphatic heterocycles. The van der Waals surface area contributed by atoms with E-state index in [1.807, 2.05) is 0 Å². The van der Waals surface area contributed by atoms with E-state index in [-0.39, 0.29) is 0 Å². The fourth-order valence-electron chi connectivity index (χ4n) is 9.92. The second-order valence-electron chi connectivity index (χ2n) is 16.8. The maximum absolute atomic E-state index is 2.41. The van der Waals surface area contributed by atoms with E-state index in [1.54, 1.807) is 0 Å².